The van der Waals surface area contributed by atoms with Gasteiger partial charge in [0.15, 0.2) is 0 Å². The normalized spacial score (nSPS) is 10.6. The smallest absolute Gasteiger partial charge is 0.0247 e. The average Bonchev–Trinajstić information content (AvgIpc) is 1.87. The van der Waals surface area contributed by atoms with Gasteiger partial charge in [0.2, 0.25) is 0 Å². The van der Waals surface area contributed by atoms with Crippen molar-refractivity contribution in [3.8, 4) is 0 Å². The van der Waals surface area contributed by atoms with Crippen LogP contribution in [0.25, 0.3) is 0 Å². The van der Waals surface area contributed by atoms with E-state index < -0.39 is 0 Å². The fourth-order valence-corrected chi connectivity index (χ4v) is 0.398. The fourth-order valence-electron chi connectivity index (χ4n) is 0.398. The van der Waals surface area contributed by atoms with Gasteiger partial charge in [-0.05, 0) is 18.1 Å². The molecule has 0 fully saturated rings. The molecule has 0 saturated carbocycles. The highest BCUT2D eigenvalue weighted by molar-refractivity contribution is 5.81. The van der Waals surface area contributed by atoms with Gasteiger partial charge in [0, 0.05) is 6.21 Å². The van der Waals surface area contributed by atoms with Crippen LogP contribution in [0.2, 0.25) is 0 Å². The lowest BCUT2D eigenvalue weighted by Crippen LogP contribution is -1.81. The summed E-state index contributed by atoms with van der Waals surface area (Å²) >= 11 is 0. The summed E-state index contributed by atoms with van der Waals surface area (Å²) in [5, 5.41) is 6.82. The summed E-state index contributed by atoms with van der Waals surface area (Å²) in [6, 6.07) is 0. The van der Waals surface area contributed by atoms with Crippen molar-refractivity contribution >= 4 is 6.21 Å². The molecule has 0 radical (unpaired) electrons. The second kappa shape index (κ2) is 3.84. The van der Waals surface area contributed by atoms with Gasteiger partial charge in [0.25, 0.3) is 0 Å². The van der Waals surface area contributed by atoms with Crippen molar-refractivity contribution in [2.45, 2.75) is 6.92 Å². The zero-order valence-electron chi connectivity index (χ0n) is 5.65. The number of allylic oxidation sites excluding steroid dienone is 4. The van der Waals surface area contributed by atoms with Crippen molar-refractivity contribution < 1.29 is 0 Å². The van der Waals surface area contributed by atoms with Crippen LogP contribution in [0.3, 0.4) is 0 Å². The standard InChI is InChI=1S/C8H11N/c1-4-5-7(2)8(3)6-9/h4-6,9H,1,3H2,2H3/b7-5-,9-6?. The third-order valence-corrected chi connectivity index (χ3v) is 1.05. The Morgan fingerprint density at radius 1 is 1.56 bits per heavy atom. The Kier molecular flexibility index (Phi) is 3.37. The summed E-state index contributed by atoms with van der Waals surface area (Å²) in [4.78, 5) is 0. The summed E-state index contributed by atoms with van der Waals surface area (Å²) in [6.45, 7) is 9.06. The van der Waals surface area contributed by atoms with E-state index in [1.807, 2.05) is 13.0 Å². The van der Waals surface area contributed by atoms with Gasteiger partial charge in [-0.1, -0.05) is 25.3 Å². The third kappa shape index (κ3) is 2.65. The summed E-state index contributed by atoms with van der Waals surface area (Å²) in [6.07, 6.45) is 4.74. The van der Waals surface area contributed by atoms with Crippen LogP contribution in [-0.2, 0) is 0 Å². The molecule has 0 saturated heterocycles. The van der Waals surface area contributed by atoms with E-state index in [4.69, 9.17) is 5.41 Å². The number of nitrogens with one attached hydrogen (secondary N) is 1. The molecule has 1 N–H and O–H groups in total. The van der Waals surface area contributed by atoms with E-state index in [1.165, 1.54) is 6.21 Å². The topological polar surface area (TPSA) is 23.9 Å². The molecule has 0 aliphatic carbocycles. The number of rotatable bonds is 3. The molecule has 0 aromatic heterocycles. The van der Waals surface area contributed by atoms with E-state index in [0.29, 0.717) is 0 Å². The third-order valence-electron chi connectivity index (χ3n) is 1.05. The molecular formula is C8H11N. The maximum absolute atomic E-state index is 6.82. The number of hydrogen-bond donors (Lipinski definition) is 1. The van der Waals surface area contributed by atoms with Crippen LogP contribution >= 0.6 is 0 Å². The predicted molar refractivity (Wildman–Crippen MR) is 41.9 cm³/mol. The first-order valence-corrected chi connectivity index (χ1v) is 2.71. The lowest BCUT2D eigenvalue weighted by Gasteiger charge is -1.93. The van der Waals surface area contributed by atoms with Crippen molar-refractivity contribution in [1.29, 1.82) is 5.41 Å². The maximum Gasteiger partial charge on any atom is 0.0247 e. The second-order valence-corrected chi connectivity index (χ2v) is 1.75. The SMILES string of the molecule is C=C/C=C(/C)C(=C)C=N. The van der Waals surface area contributed by atoms with E-state index >= 15 is 0 Å². The Balaban J connectivity index is 4.18. The quantitative estimate of drug-likeness (QED) is 0.437. The first kappa shape index (κ1) is 7.89. The molecule has 0 rings (SSSR count). The molecular weight excluding hydrogens is 110 g/mol. The van der Waals surface area contributed by atoms with Crippen LogP contribution in [0.15, 0.2) is 36.5 Å². The van der Waals surface area contributed by atoms with Crippen LogP contribution in [0.5, 0.6) is 0 Å². The van der Waals surface area contributed by atoms with Crippen molar-refractivity contribution in [1.82, 2.24) is 0 Å². The van der Waals surface area contributed by atoms with Crippen LogP contribution in [-0.4, -0.2) is 6.21 Å². The van der Waals surface area contributed by atoms with E-state index in [1.54, 1.807) is 6.08 Å². The molecule has 0 aliphatic rings. The van der Waals surface area contributed by atoms with E-state index in [9.17, 15) is 0 Å². The molecule has 9 heavy (non-hydrogen) atoms. The van der Waals surface area contributed by atoms with Gasteiger partial charge in [-0.15, -0.1) is 0 Å². The van der Waals surface area contributed by atoms with Crippen LogP contribution < -0.4 is 0 Å². The summed E-state index contributed by atoms with van der Waals surface area (Å²) in [5.41, 5.74) is 1.72. The Hall–Kier alpha value is -1.11. The molecule has 0 aromatic carbocycles. The maximum atomic E-state index is 6.82. The Bertz CT molecular complexity index is 163. The molecule has 0 unspecified atom stereocenters. The van der Waals surface area contributed by atoms with Gasteiger partial charge < -0.3 is 5.41 Å². The average molecular weight is 121 g/mol. The summed E-state index contributed by atoms with van der Waals surface area (Å²) < 4.78 is 0. The highest BCUT2D eigenvalue weighted by Crippen LogP contribution is 2.02. The Morgan fingerprint density at radius 2 is 2.11 bits per heavy atom. The molecule has 0 heterocycles. The molecule has 48 valence electrons. The highest BCUT2D eigenvalue weighted by Gasteiger charge is 1.87. The zero-order valence-corrected chi connectivity index (χ0v) is 5.65. The Morgan fingerprint density at radius 3 is 2.44 bits per heavy atom. The van der Waals surface area contributed by atoms with Gasteiger partial charge in [0.1, 0.15) is 0 Å². The van der Waals surface area contributed by atoms with Gasteiger partial charge in [0.05, 0.1) is 0 Å². The monoisotopic (exact) mass is 121 g/mol. The molecule has 0 atom stereocenters. The molecule has 0 bridgehead atoms. The van der Waals surface area contributed by atoms with Gasteiger partial charge in [-0.2, -0.15) is 0 Å². The van der Waals surface area contributed by atoms with Crippen molar-refractivity contribution in [3.05, 3.63) is 36.5 Å². The minimum atomic E-state index is 0.731. The van der Waals surface area contributed by atoms with Crippen LogP contribution in [0.4, 0.5) is 0 Å². The minimum absolute atomic E-state index is 0.731. The van der Waals surface area contributed by atoms with Gasteiger partial charge in [-0.25, -0.2) is 0 Å². The summed E-state index contributed by atoms with van der Waals surface area (Å²) in [5.74, 6) is 0. The van der Waals surface area contributed by atoms with Gasteiger partial charge >= 0.3 is 0 Å². The molecule has 0 aromatic rings. The van der Waals surface area contributed by atoms with Crippen LogP contribution in [0.1, 0.15) is 6.92 Å². The molecule has 0 amide bonds. The molecule has 0 aliphatic heterocycles. The largest absolute Gasteiger partial charge is 0.308 e. The molecule has 1 nitrogen and oxygen atoms in total. The van der Waals surface area contributed by atoms with E-state index in [-0.39, 0.29) is 0 Å². The minimum Gasteiger partial charge on any atom is -0.308 e. The lowest BCUT2D eigenvalue weighted by atomic mass is 10.1. The van der Waals surface area contributed by atoms with Gasteiger partial charge in [-0.3, -0.25) is 0 Å². The fraction of sp³-hybridized carbons (Fsp3) is 0.125. The van der Waals surface area contributed by atoms with Crippen LogP contribution in [0, 0.1) is 5.41 Å². The summed E-state index contributed by atoms with van der Waals surface area (Å²) in [7, 11) is 0. The number of hydrogen-bond acceptors (Lipinski definition) is 1. The highest BCUT2D eigenvalue weighted by atomic mass is 14.3. The second-order valence-electron chi connectivity index (χ2n) is 1.75. The predicted octanol–water partition coefficient (Wildman–Crippen LogP) is 2.32. The van der Waals surface area contributed by atoms with Crippen molar-refractivity contribution in [2.24, 2.45) is 0 Å². The molecule has 0 spiro atoms. The first-order chi connectivity index (χ1) is 4.22. The van der Waals surface area contributed by atoms with Crippen molar-refractivity contribution in [3.63, 3.8) is 0 Å². The molecule has 1 heteroatoms. The van der Waals surface area contributed by atoms with Crippen molar-refractivity contribution in [2.75, 3.05) is 0 Å². The zero-order chi connectivity index (χ0) is 7.28. The Labute approximate surface area is 55.9 Å². The van der Waals surface area contributed by atoms with E-state index in [2.05, 4.69) is 13.2 Å². The lowest BCUT2D eigenvalue weighted by molar-refractivity contribution is 1.45. The van der Waals surface area contributed by atoms with E-state index in [0.717, 1.165) is 11.1 Å². The first-order valence-electron chi connectivity index (χ1n) is 2.71.